The number of ether oxygens (including phenoxy) is 2. The molecule has 2 N–H and O–H groups in total. The van der Waals surface area contributed by atoms with Crippen molar-refractivity contribution in [3.05, 3.63) is 29.8 Å². The van der Waals surface area contributed by atoms with E-state index >= 15 is 0 Å². The SMILES string of the molecule is COC(=O)C(C)C(C(N)=O)c1ccc(OCC2CCCC3(CCCCC3)C2)cc1. The quantitative estimate of drug-likeness (QED) is 0.678. The lowest BCUT2D eigenvalue weighted by atomic mass is 9.63. The molecule has 2 aliphatic carbocycles. The van der Waals surface area contributed by atoms with Gasteiger partial charge in [0.25, 0.3) is 0 Å². The molecule has 3 unspecified atom stereocenters. The van der Waals surface area contributed by atoms with Crippen LogP contribution in [0.2, 0.25) is 0 Å². The first-order valence-electron chi connectivity index (χ1n) is 11.0. The van der Waals surface area contributed by atoms with E-state index in [9.17, 15) is 9.59 Å². The lowest BCUT2D eigenvalue weighted by Crippen LogP contribution is -2.33. The van der Waals surface area contributed by atoms with E-state index in [1.165, 1.54) is 64.9 Å². The predicted molar refractivity (Wildman–Crippen MR) is 113 cm³/mol. The number of nitrogens with two attached hydrogens (primary N) is 1. The van der Waals surface area contributed by atoms with Crippen molar-refractivity contribution in [3.8, 4) is 5.75 Å². The minimum Gasteiger partial charge on any atom is -0.493 e. The van der Waals surface area contributed by atoms with E-state index in [2.05, 4.69) is 0 Å². The lowest BCUT2D eigenvalue weighted by molar-refractivity contribution is -0.147. The highest BCUT2D eigenvalue weighted by atomic mass is 16.5. The molecule has 2 aliphatic rings. The zero-order chi connectivity index (χ0) is 20.9. The Kier molecular flexibility index (Phi) is 7.20. The maximum atomic E-state index is 11.9. The molecule has 5 heteroatoms. The van der Waals surface area contributed by atoms with Crippen molar-refractivity contribution >= 4 is 11.9 Å². The van der Waals surface area contributed by atoms with Crippen LogP contribution in [-0.4, -0.2) is 25.6 Å². The summed E-state index contributed by atoms with van der Waals surface area (Å²) in [7, 11) is 1.32. The Morgan fingerprint density at radius 2 is 1.76 bits per heavy atom. The zero-order valence-corrected chi connectivity index (χ0v) is 17.8. The summed E-state index contributed by atoms with van der Waals surface area (Å²) in [6.07, 6.45) is 12.2. The van der Waals surface area contributed by atoms with E-state index in [0.717, 1.165) is 12.4 Å². The minimum absolute atomic E-state index is 0.442. The highest BCUT2D eigenvalue weighted by Crippen LogP contribution is 2.49. The van der Waals surface area contributed by atoms with Crippen LogP contribution in [0.1, 0.15) is 76.2 Å². The number of hydrogen-bond donors (Lipinski definition) is 1. The third-order valence-electron chi connectivity index (χ3n) is 7.06. The summed E-state index contributed by atoms with van der Waals surface area (Å²) in [4.78, 5) is 23.8. The number of esters is 1. The molecule has 3 atom stereocenters. The average Bonchev–Trinajstić information content (AvgIpc) is 2.73. The van der Waals surface area contributed by atoms with E-state index in [1.54, 1.807) is 6.92 Å². The van der Waals surface area contributed by atoms with Gasteiger partial charge in [0, 0.05) is 0 Å². The van der Waals surface area contributed by atoms with Crippen molar-refractivity contribution in [2.45, 2.75) is 70.6 Å². The van der Waals surface area contributed by atoms with Crippen molar-refractivity contribution in [2.75, 3.05) is 13.7 Å². The molecule has 29 heavy (non-hydrogen) atoms. The molecule has 1 spiro atoms. The van der Waals surface area contributed by atoms with Gasteiger partial charge in [0.2, 0.25) is 5.91 Å². The van der Waals surface area contributed by atoms with Gasteiger partial charge in [-0.3, -0.25) is 9.59 Å². The number of amides is 1. The molecule has 0 aromatic heterocycles. The van der Waals surface area contributed by atoms with Gasteiger partial charge in [0.15, 0.2) is 0 Å². The molecule has 160 valence electrons. The molecule has 2 fully saturated rings. The van der Waals surface area contributed by atoms with Crippen LogP contribution in [0, 0.1) is 17.3 Å². The number of primary amides is 1. The van der Waals surface area contributed by atoms with Crippen LogP contribution in [0.3, 0.4) is 0 Å². The van der Waals surface area contributed by atoms with Gasteiger partial charge >= 0.3 is 5.97 Å². The summed E-state index contributed by atoms with van der Waals surface area (Å²) in [5, 5.41) is 0. The van der Waals surface area contributed by atoms with E-state index in [0.29, 0.717) is 16.9 Å². The van der Waals surface area contributed by atoms with Gasteiger partial charge in [-0.1, -0.05) is 44.7 Å². The third kappa shape index (κ3) is 5.31. The molecule has 0 bridgehead atoms. The summed E-state index contributed by atoms with van der Waals surface area (Å²) in [5.41, 5.74) is 6.83. The van der Waals surface area contributed by atoms with Crippen molar-refractivity contribution in [1.29, 1.82) is 0 Å². The van der Waals surface area contributed by atoms with Crippen molar-refractivity contribution < 1.29 is 19.1 Å². The van der Waals surface area contributed by atoms with Crippen LogP contribution < -0.4 is 10.5 Å². The Bertz CT molecular complexity index is 688. The second-order valence-corrected chi connectivity index (χ2v) is 9.09. The second-order valence-electron chi connectivity index (χ2n) is 9.09. The molecule has 1 aromatic rings. The first kappa shape index (κ1) is 21.7. The minimum atomic E-state index is -0.707. The number of rotatable bonds is 7. The standard InChI is InChI=1S/C24H35NO4/c1-17(23(27)28-2)21(22(25)26)19-8-10-20(11-9-19)29-16-18-7-6-14-24(15-18)12-4-3-5-13-24/h8-11,17-18,21H,3-7,12-16H2,1-2H3,(H2,25,26). The number of carbonyl (C=O) groups is 2. The van der Waals surface area contributed by atoms with Gasteiger partial charge in [0.05, 0.1) is 25.6 Å². The Hall–Kier alpha value is -2.04. The fourth-order valence-corrected chi connectivity index (χ4v) is 5.49. The van der Waals surface area contributed by atoms with Gasteiger partial charge in [-0.2, -0.15) is 0 Å². The number of methoxy groups -OCH3 is 1. The maximum Gasteiger partial charge on any atom is 0.309 e. The maximum absolute atomic E-state index is 11.9. The first-order chi connectivity index (χ1) is 13.9. The lowest BCUT2D eigenvalue weighted by Gasteiger charge is -2.43. The fourth-order valence-electron chi connectivity index (χ4n) is 5.49. The predicted octanol–water partition coefficient (Wildman–Crippen LogP) is 4.58. The largest absolute Gasteiger partial charge is 0.493 e. The molecular weight excluding hydrogens is 366 g/mol. The smallest absolute Gasteiger partial charge is 0.309 e. The van der Waals surface area contributed by atoms with Crippen molar-refractivity contribution in [3.63, 3.8) is 0 Å². The monoisotopic (exact) mass is 401 g/mol. The van der Waals surface area contributed by atoms with E-state index in [4.69, 9.17) is 15.2 Å². The highest BCUT2D eigenvalue weighted by molar-refractivity contribution is 5.88. The van der Waals surface area contributed by atoms with E-state index in [-0.39, 0.29) is 0 Å². The molecule has 0 aliphatic heterocycles. The number of hydrogen-bond acceptors (Lipinski definition) is 4. The van der Waals surface area contributed by atoms with Crippen molar-refractivity contribution in [2.24, 2.45) is 23.0 Å². The summed E-state index contributed by atoms with van der Waals surface area (Å²) in [6, 6.07) is 7.39. The van der Waals surface area contributed by atoms with Gasteiger partial charge in [-0.15, -0.1) is 0 Å². The Morgan fingerprint density at radius 3 is 2.38 bits per heavy atom. The van der Waals surface area contributed by atoms with Crippen LogP contribution in [0.15, 0.2) is 24.3 Å². The van der Waals surface area contributed by atoms with Crippen LogP contribution >= 0.6 is 0 Å². The average molecular weight is 402 g/mol. The highest BCUT2D eigenvalue weighted by Gasteiger charge is 2.37. The molecule has 1 amide bonds. The molecule has 0 radical (unpaired) electrons. The van der Waals surface area contributed by atoms with Crippen LogP contribution in [0.5, 0.6) is 5.75 Å². The summed E-state index contributed by atoms with van der Waals surface area (Å²) in [5.74, 6) is -0.885. The van der Waals surface area contributed by atoms with E-state index in [1.807, 2.05) is 24.3 Å². The summed E-state index contributed by atoms with van der Waals surface area (Å²) < 4.78 is 10.9. The van der Waals surface area contributed by atoms with Gasteiger partial charge in [0.1, 0.15) is 5.75 Å². The number of benzene rings is 1. The molecular formula is C24H35NO4. The van der Waals surface area contributed by atoms with Crippen LogP contribution in [0.25, 0.3) is 0 Å². The normalized spacial score (nSPS) is 23.2. The molecule has 0 heterocycles. The summed E-state index contributed by atoms with van der Waals surface area (Å²) >= 11 is 0. The second kappa shape index (κ2) is 9.64. The topological polar surface area (TPSA) is 78.6 Å². The Balaban J connectivity index is 1.58. The van der Waals surface area contributed by atoms with Gasteiger partial charge in [-0.25, -0.2) is 0 Å². The van der Waals surface area contributed by atoms with Crippen LogP contribution in [0.4, 0.5) is 0 Å². The van der Waals surface area contributed by atoms with Crippen molar-refractivity contribution in [1.82, 2.24) is 0 Å². The molecule has 3 rings (SSSR count). The Morgan fingerprint density at radius 1 is 1.10 bits per heavy atom. The molecule has 2 saturated carbocycles. The number of carbonyl (C=O) groups excluding carboxylic acids is 2. The zero-order valence-electron chi connectivity index (χ0n) is 17.8. The first-order valence-corrected chi connectivity index (χ1v) is 11.0. The van der Waals surface area contributed by atoms with Crippen LogP contribution in [-0.2, 0) is 14.3 Å². The molecule has 1 aromatic carbocycles. The fraction of sp³-hybridized carbons (Fsp3) is 0.667. The molecule has 0 saturated heterocycles. The third-order valence-corrected chi connectivity index (χ3v) is 7.06. The van der Waals surface area contributed by atoms with E-state index < -0.39 is 23.7 Å². The van der Waals surface area contributed by atoms with Gasteiger partial charge < -0.3 is 15.2 Å². The Labute approximate surface area is 174 Å². The van der Waals surface area contributed by atoms with Gasteiger partial charge in [-0.05, 0) is 61.1 Å². The summed E-state index contributed by atoms with van der Waals surface area (Å²) in [6.45, 7) is 2.41. The molecule has 5 nitrogen and oxygen atoms in total.